The number of aliphatic hydroxyl groups excluding tert-OH is 1. The fourth-order valence-corrected chi connectivity index (χ4v) is 2.35. The molecule has 4 heteroatoms. The minimum Gasteiger partial charge on any atom is -0.479 e. The summed E-state index contributed by atoms with van der Waals surface area (Å²) in [4.78, 5) is 0. The van der Waals surface area contributed by atoms with Gasteiger partial charge in [-0.05, 0) is 35.7 Å². The molecule has 22 heavy (non-hydrogen) atoms. The summed E-state index contributed by atoms with van der Waals surface area (Å²) < 4.78 is 6.14. The molecule has 0 radical (unpaired) electrons. The second-order valence-electron chi connectivity index (χ2n) is 5.04. The Kier molecular flexibility index (Phi) is 4.51. The number of aromatic amines is 1. The third-order valence-corrected chi connectivity index (χ3v) is 3.48. The van der Waals surface area contributed by atoms with Crippen LogP contribution in [0.2, 0.25) is 0 Å². The SMILES string of the molecule is OCCc1ccc(OC(c2ccccc2)c2ccn[nH]2)cc1. The van der Waals surface area contributed by atoms with E-state index in [1.165, 1.54) is 0 Å². The highest BCUT2D eigenvalue weighted by molar-refractivity contribution is 5.31. The van der Waals surface area contributed by atoms with Crippen LogP contribution in [0.5, 0.6) is 5.75 Å². The zero-order chi connectivity index (χ0) is 15.2. The number of rotatable bonds is 6. The van der Waals surface area contributed by atoms with Crippen molar-refractivity contribution in [1.29, 1.82) is 0 Å². The predicted molar refractivity (Wildman–Crippen MR) is 84.7 cm³/mol. The molecule has 1 aromatic heterocycles. The molecule has 2 N–H and O–H groups in total. The van der Waals surface area contributed by atoms with E-state index in [0.717, 1.165) is 22.6 Å². The molecule has 4 nitrogen and oxygen atoms in total. The van der Waals surface area contributed by atoms with Crippen LogP contribution in [0.3, 0.4) is 0 Å². The first-order valence-electron chi connectivity index (χ1n) is 7.27. The highest BCUT2D eigenvalue weighted by atomic mass is 16.5. The number of ether oxygens (including phenoxy) is 1. The highest BCUT2D eigenvalue weighted by Crippen LogP contribution is 2.27. The first-order chi connectivity index (χ1) is 10.9. The van der Waals surface area contributed by atoms with E-state index < -0.39 is 0 Å². The molecule has 0 amide bonds. The van der Waals surface area contributed by atoms with Crippen LogP contribution in [-0.4, -0.2) is 21.9 Å². The van der Waals surface area contributed by atoms with E-state index >= 15 is 0 Å². The van der Waals surface area contributed by atoms with Crippen molar-refractivity contribution in [1.82, 2.24) is 10.2 Å². The minimum atomic E-state index is -0.229. The number of nitrogens with zero attached hydrogens (tertiary/aromatic N) is 1. The van der Waals surface area contributed by atoms with Gasteiger partial charge in [0.05, 0.1) is 5.69 Å². The maximum absolute atomic E-state index is 8.97. The fourth-order valence-electron chi connectivity index (χ4n) is 2.35. The van der Waals surface area contributed by atoms with E-state index in [-0.39, 0.29) is 12.7 Å². The Labute approximate surface area is 129 Å². The van der Waals surface area contributed by atoms with Crippen LogP contribution in [-0.2, 0) is 6.42 Å². The molecule has 112 valence electrons. The molecule has 0 aliphatic rings. The number of aliphatic hydroxyl groups is 1. The number of H-pyrrole nitrogens is 1. The van der Waals surface area contributed by atoms with Gasteiger partial charge in [0.25, 0.3) is 0 Å². The van der Waals surface area contributed by atoms with E-state index in [4.69, 9.17) is 9.84 Å². The Bertz CT molecular complexity index is 679. The van der Waals surface area contributed by atoms with Crippen molar-refractivity contribution in [3.63, 3.8) is 0 Å². The standard InChI is InChI=1S/C18H18N2O2/c21-13-11-14-6-8-16(9-7-14)22-18(17-10-12-19-20-17)15-4-2-1-3-5-15/h1-10,12,18,21H,11,13H2,(H,19,20). The van der Waals surface area contributed by atoms with Gasteiger partial charge in [-0.1, -0.05) is 42.5 Å². The van der Waals surface area contributed by atoms with Crippen molar-refractivity contribution in [2.75, 3.05) is 6.61 Å². The lowest BCUT2D eigenvalue weighted by Crippen LogP contribution is -2.10. The second kappa shape index (κ2) is 6.91. The van der Waals surface area contributed by atoms with Crippen molar-refractivity contribution < 1.29 is 9.84 Å². The van der Waals surface area contributed by atoms with Gasteiger partial charge in [-0.25, -0.2) is 0 Å². The van der Waals surface area contributed by atoms with Crippen molar-refractivity contribution in [2.24, 2.45) is 0 Å². The molecule has 3 aromatic rings. The molecule has 2 aromatic carbocycles. The van der Waals surface area contributed by atoms with Gasteiger partial charge in [-0.3, -0.25) is 5.10 Å². The van der Waals surface area contributed by atoms with Gasteiger partial charge in [-0.2, -0.15) is 5.10 Å². The minimum absolute atomic E-state index is 0.154. The summed E-state index contributed by atoms with van der Waals surface area (Å²) in [5, 5.41) is 16.0. The lowest BCUT2D eigenvalue weighted by atomic mass is 10.1. The molecule has 0 aliphatic heterocycles. The van der Waals surface area contributed by atoms with E-state index in [1.807, 2.05) is 60.7 Å². The number of hydrogen-bond acceptors (Lipinski definition) is 3. The summed E-state index contributed by atoms with van der Waals surface area (Å²) in [5.41, 5.74) is 3.06. The summed E-state index contributed by atoms with van der Waals surface area (Å²) in [6, 6.07) is 19.8. The zero-order valence-electron chi connectivity index (χ0n) is 12.1. The Balaban J connectivity index is 1.84. The lowest BCUT2D eigenvalue weighted by molar-refractivity contribution is 0.242. The topological polar surface area (TPSA) is 58.1 Å². The molecule has 0 aliphatic carbocycles. The highest BCUT2D eigenvalue weighted by Gasteiger charge is 2.17. The summed E-state index contributed by atoms with van der Waals surface area (Å²) in [6.07, 6.45) is 2.15. The molecule has 0 fully saturated rings. The number of aromatic nitrogens is 2. The van der Waals surface area contributed by atoms with Crippen LogP contribution in [0.25, 0.3) is 0 Å². The molecule has 3 rings (SSSR count). The second-order valence-corrected chi connectivity index (χ2v) is 5.04. The zero-order valence-corrected chi connectivity index (χ0v) is 12.1. The Morgan fingerprint density at radius 2 is 1.77 bits per heavy atom. The van der Waals surface area contributed by atoms with Crippen LogP contribution in [0.1, 0.15) is 22.9 Å². The van der Waals surface area contributed by atoms with Crippen molar-refractivity contribution >= 4 is 0 Å². The third kappa shape index (κ3) is 3.35. The van der Waals surface area contributed by atoms with Crippen LogP contribution in [0.15, 0.2) is 66.9 Å². The Hall–Kier alpha value is -2.59. The Morgan fingerprint density at radius 1 is 1.00 bits per heavy atom. The number of hydrogen-bond donors (Lipinski definition) is 2. The van der Waals surface area contributed by atoms with Crippen molar-refractivity contribution in [3.05, 3.63) is 83.7 Å². The van der Waals surface area contributed by atoms with Gasteiger partial charge >= 0.3 is 0 Å². The van der Waals surface area contributed by atoms with Crippen LogP contribution < -0.4 is 4.74 Å². The summed E-state index contributed by atoms with van der Waals surface area (Å²) in [5.74, 6) is 0.783. The van der Waals surface area contributed by atoms with Gasteiger partial charge in [0, 0.05) is 12.8 Å². The maximum Gasteiger partial charge on any atom is 0.165 e. The van der Waals surface area contributed by atoms with Crippen LogP contribution in [0, 0.1) is 0 Å². The van der Waals surface area contributed by atoms with E-state index in [1.54, 1.807) is 6.20 Å². The van der Waals surface area contributed by atoms with E-state index in [2.05, 4.69) is 10.2 Å². The third-order valence-electron chi connectivity index (χ3n) is 3.48. The van der Waals surface area contributed by atoms with Crippen LogP contribution >= 0.6 is 0 Å². The van der Waals surface area contributed by atoms with Crippen LogP contribution in [0.4, 0.5) is 0 Å². The smallest absolute Gasteiger partial charge is 0.165 e. The predicted octanol–water partition coefficient (Wildman–Crippen LogP) is 3.11. The fraction of sp³-hybridized carbons (Fsp3) is 0.167. The quantitative estimate of drug-likeness (QED) is 0.734. The molecule has 0 saturated heterocycles. The average Bonchev–Trinajstić information content (AvgIpc) is 3.09. The monoisotopic (exact) mass is 294 g/mol. The van der Waals surface area contributed by atoms with E-state index in [9.17, 15) is 0 Å². The van der Waals surface area contributed by atoms with Gasteiger partial charge in [0.1, 0.15) is 5.75 Å². The molecular weight excluding hydrogens is 276 g/mol. The molecular formula is C18H18N2O2. The first-order valence-corrected chi connectivity index (χ1v) is 7.27. The first kappa shape index (κ1) is 14.4. The average molecular weight is 294 g/mol. The van der Waals surface area contributed by atoms with Crippen molar-refractivity contribution in [2.45, 2.75) is 12.5 Å². The van der Waals surface area contributed by atoms with E-state index in [0.29, 0.717) is 6.42 Å². The van der Waals surface area contributed by atoms with Crippen molar-refractivity contribution in [3.8, 4) is 5.75 Å². The molecule has 0 saturated carbocycles. The molecule has 1 heterocycles. The maximum atomic E-state index is 8.97. The van der Waals surface area contributed by atoms with Gasteiger partial charge in [-0.15, -0.1) is 0 Å². The Morgan fingerprint density at radius 3 is 2.41 bits per heavy atom. The summed E-state index contributed by atoms with van der Waals surface area (Å²) >= 11 is 0. The summed E-state index contributed by atoms with van der Waals surface area (Å²) in [7, 11) is 0. The molecule has 0 bridgehead atoms. The molecule has 1 atom stereocenters. The molecule has 1 unspecified atom stereocenters. The summed E-state index contributed by atoms with van der Waals surface area (Å²) in [6.45, 7) is 0.154. The lowest BCUT2D eigenvalue weighted by Gasteiger charge is -2.18. The van der Waals surface area contributed by atoms with Gasteiger partial charge in [0.2, 0.25) is 0 Å². The molecule has 0 spiro atoms. The number of benzene rings is 2. The van der Waals surface area contributed by atoms with Gasteiger partial charge < -0.3 is 9.84 Å². The van der Waals surface area contributed by atoms with Gasteiger partial charge in [0.15, 0.2) is 6.10 Å². The largest absolute Gasteiger partial charge is 0.479 e. The number of nitrogens with one attached hydrogen (secondary N) is 1. The normalized spacial score (nSPS) is 12.0.